The van der Waals surface area contributed by atoms with Gasteiger partial charge < -0.3 is 18.9 Å². The van der Waals surface area contributed by atoms with Crippen LogP contribution in [-0.4, -0.2) is 35.7 Å². The van der Waals surface area contributed by atoms with Crippen molar-refractivity contribution in [1.82, 2.24) is 9.55 Å². The Bertz CT molecular complexity index is 1340. The van der Waals surface area contributed by atoms with E-state index in [0.717, 1.165) is 28.1 Å². The number of aromatic nitrogens is 2. The van der Waals surface area contributed by atoms with Crippen molar-refractivity contribution in [2.45, 2.75) is 32.7 Å². The molecule has 34 heavy (non-hydrogen) atoms. The summed E-state index contributed by atoms with van der Waals surface area (Å²) in [5, 5.41) is 0. The summed E-state index contributed by atoms with van der Waals surface area (Å²) in [5.74, 6) is 2.52. The molecule has 174 valence electrons. The number of benzene rings is 3. The SMILES string of the molecule is COc1ccccc1OCCn1c([C@H]2CC(=O)N(c3cccc(C)c3C)C2)nc2ccccc21. The van der Waals surface area contributed by atoms with Crippen molar-refractivity contribution in [2.24, 2.45) is 0 Å². The molecule has 1 saturated heterocycles. The molecule has 0 N–H and O–H groups in total. The van der Waals surface area contributed by atoms with Crippen LogP contribution in [0.3, 0.4) is 0 Å². The summed E-state index contributed by atoms with van der Waals surface area (Å²) in [7, 11) is 1.64. The van der Waals surface area contributed by atoms with Gasteiger partial charge in [0.15, 0.2) is 11.5 Å². The Morgan fingerprint density at radius 3 is 2.56 bits per heavy atom. The van der Waals surface area contributed by atoms with Gasteiger partial charge in [0.05, 0.1) is 24.7 Å². The molecule has 0 saturated carbocycles. The van der Waals surface area contributed by atoms with Crippen molar-refractivity contribution >= 4 is 22.6 Å². The van der Waals surface area contributed by atoms with E-state index < -0.39 is 0 Å². The number of imidazole rings is 1. The van der Waals surface area contributed by atoms with Gasteiger partial charge in [0, 0.05) is 24.6 Å². The fourth-order valence-corrected chi connectivity index (χ4v) is 4.77. The quantitative estimate of drug-likeness (QED) is 0.381. The molecule has 1 aliphatic rings. The molecule has 4 aromatic rings. The largest absolute Gasteiger partial charge is 0.493 e. The Morgan fingerprint density at radius 1 is 0.971 bits per heavy atom. The molecule has 6 nitrogen and oxygen atoms in total. The van der Waals surface area contributed by atoms with Gasteiger partial charge in [-0.3, -0.25) is 4.79 Å². The number of aryl methyl sites for hydroxylation is 1. The first-order valence-electron chi connectivity index (χ1n) is 11.6. The molecule has 2 heterocycles. The third-order valence-electron chi connectivity index (χ3n) is 6.68. The molecular weight excluding hydrogens is 426 g/mol. The summed E-state index contributed by atoms with van der Waals surface area (Å²) in [4.78, 5) is 19.9. The minimum absolute atomic E-state index is 0.0195. The zero-order valence-corrected chi connectivity index (χ0v) is 19.8. The molecule has 0 bridgehead atoms. The predicted octanol–water partition coefficient (Wildman–Crippen LogP) is 5.26. The third kappa shape index (κ3) is 4.00. The number of fused-ring (bicyclic) bond motifs is 1. The lowest BCUT2D eigenvalue weighted by Gasteiger charge is -2.20. The van der Waals surface area contributed by atoms with Crippen LogP contribution in [0.1, 0.15) is 29.3 Å². The van der Waals surface area contributed by atoms with E-state index in [2.05, 4.69) is 30.5 Å². The molecule has 1 amide bonds. The van der Waals surface area contributed by atoms with Gasteiger partial charge in [-0.2, -0.15) is 0 Å². The van der Waals surface area contributed by atoms with Gasteiger partial charge in [-0.15, -0.1) is 0 Å². The molecule has 0 unspecified atom stereocenters. The lowest BCUT2D eigenvalue weighted by atomic mass is 10.1. The first-order chi connectivity index (χ1) is 16.6. The number of ether oxygens (including phenoxy) is 2. The highest BCUT2D eigenvalue weighted by Crippen LogP contribution is 2.35. The number of methoxy groups -OCH3 is 1. The number of carbonyl (C=O) groups is 1. The van der Waals surface area contributed by atoms with Crippen molar-refractivity contribution in [1.29, 1.82) is 0 Å². The third-order valence-corrected chi connectivity index (χ3v) is 6.68. The summed E-state index contributed by atoms with van der Waals surface area (Å²) in [6.07, 6.45) is 0.448. The number of para-hydroxylation sites is 4. The minimum atomic E-state index is 0.0195. The number of rotatable bonds is 7. The Labute approximate surface area is 199 Å². The predicted molar refractivity (Wildman–Crippen MR) is 134 cm³/mol. The highest BCUT2D eigenvalue weighted by Gasteiger charge is 2.35. The summed E-state index contributed by atoms with van der Waals surface area (Å²) in [6, 6.07) is 21.9. The lowest BCUT2D eigenvalue weighted by molar-refractivity contribution is -0.117. The van der Waals surface area contributed by atoms with Gasteiger partial charge in [0.2, 0.25) is 5.91 Å². The number of hydrogen-bond donors (Lipinski definition) is 0. The average molecular weight is 456 g/mol. The van der Waals surface area contributed by atoms with E-state index in [9.17, 15) is 4.79 Å². The van der Waals surface area contributed by atoms with E-state index >= 15 is 0 Å². The second-order valence-electron chi connectivity index (χ2n) is 8.73. The summed E-state index contributed by atoms with van der Waals surface area (Å²) < 4.78 is 13.7. The number of carbonyl (C=O) groups excluding carboxylic acids is 1. The number of hydrogen-bond acceptors (Lipinski definition) is 4. The van der Waals surface area contributed by atoms with Crippen molar-refractivity contribution in [2.75, 3.05) is 25.2 Å². The monoisotopic (exact) mass is 455 g/mol. The number of amides is 1. The fourth-order valence-electron chi connectivity index (χ4n) is 4.77. The zero-order chi connectivity index (χ0) is 23.7. The Hall–Kier alpha value is -3.80. The molecule has 1 fully saturated rings. The van der Waals surface area contributed by atoms with Crippen molar-refractivity contribution in [3.63, 3.8) is 0 Å². The van der Waals surface area contributed by atoms with Crippen molar-refractivity contribution in [3.05, 3.63) is 83.7 Å². The van der Waals surface area contributed by atoms with Crippen LogP contribution in [0, 0.1) is 13.8 Å². The smallest absolute Gasteiger partial charge is 0.227 e. The molecule has 3 aromatic carbocycles. The second kappa shape index (κ2) is 9.21. The molecule has 0 aliphatic carbocycles. The molecule has 0 spiro atoms. The maximum atomic E-state index is 13.1. The molecular formula is C28H29N3O3. The molecule has 5 rings (SSSR count). The van der Waals surface area contributed by atoms with E-state index in [1.54, 1.807) is 7.11 Å². The summed E-state index contributed by atoms with van der Waals surface area (Å²) in [5.41, 5.74) is 5.32. The maximum Gasteiger partial charge on any atom is 0.227 e. The minimum Gasteiger partial charge on any atom is -0.493 e. The van der Waals surface area contributed by atoms with Crippen LogP contribution in [0.4, 0.5) is 5.69 Å². The van der Waals surface area contributed by atoms with Crippen LogP contribution in [0.5, 0.6) is 11.5 Å². The molecule has 0 radical (unpaired) electrons. The fraction of sp³-hybridized carbons (Fsp3) is 0.286. The van der Waals surface area contributed by atoms with Crippen LogP contribution >= 0.6 is 0 Å². The van der Waals surface area contributed by atoms with E-state index in [1.165, 1.54) is 5.56 Å². The van der Waals surface area contributed by atoms with E-state index in [0.29, 0.717) is 37.6 Å². The number of anilines is 1. The van der Waals surface area contributed by atoms with E-state index in [4.69, 9.17) is 14.5 Å². The van der Waals surface area contributed by atoms with Crippen LogP contribution in [0.25, 0.3) is 11.0 Å². The summed E-state index contributed by atoms with van der Waals surface area (Å²) in [6.45, 7) is 5.88. The molecule has 1 aliphatic heterocycles. The zero-order valence-electron chi connectivity index (χ0n) is 19.8. The van der Waals surface area contributed by atoms with Crippen LogP contribution < -0.4 is 14.4 Å². The van der Waals surface area contributed by atoms with Gasteiger partial charge >= 0.3 is 0 Å². The molecule has 6 heteroatoms. The van der Waals surface area contributed by atoms with E-state index in [-0.39, 0.29) is 11.8 Å². The van der Waals surface area contributed by atoms with E-state index in [1.807, 2.05) is 59.5 Å². The Morgan fingerprint density at radius 2 is 1.74 bits per heavy atom. The topological polar surface area (TPSA) is 56.6 Å². The van der Waals surface area contributed by atoms with Gasteiger partial charge in [-0.25, -0.2) is 4.98 Å². The number of nitrogens with zero attached hydrogens (tertiary/aromatic N) is 3. The standard InChI is InChI=1S/C28H29N3O3/c1-19-9-8-12-23(20(19)2)31-18-21(17-27(31)32)28-29-22-10-4-5-11-24(22)30(28)15-16-34-26-14-7-6-13-25(26)33-3/h4-14,21H,15-18H2,1-3H3/t21-/m0/s1. The van der Waals surface area contributed by atoms with Gasteiger partial charge in [-0.1, -0.05) is 36.4 Å². The highest BCUT2D eigenvalue weighted by molar-refractivity contribution is 5.97. The lowest BCUT2D eigenvalue weighted by Crippen LogP contribution is -2.25. The van der Waals surface area contributed by atoms with Gasteiger partial charge in [-0.05, 0) is 55.3 Å². The summed E-state index contributed by atoms with van der Waals surface area (Å²) >= 11 is 0. The Kier molecular flexibility index (Phi) is 5.97. The molecule has 1 atom stereocenters. The normalized spacial score (nSPS) is 15.8. The van der Waals surface area contributed by atoms with Crippen molar-refractivity contribution < 1.29 is 14.3 Å². The van der Waals surface area contributed by atoms with Gasteiger partial charge in [0.25, 0.3) is 0 Å². The van der Waals surface area contributed by atoms with Crippen molar-refractivity contribution in [3.8, 4) is 11.5 Å². The second-order valence-corrected chi connectivity index (χ2v) is 8.73. The van der Waals surface area contributed by atoms with Crippen LogP contribution in [-0.2, 0) is 11.3 Å². The van der Waals surface area contributed by atoms with Gasteiger partial charge in [0.1, 0.15) is 12.4 Å². The maximum absolute atomic E-state index is 13.1. The first-order valence-corrected chi connectivity index (χ1v) is 11.6. The first kappa shape index (κ1) is 22.0. The molecule has 1 aromatic heterocycles. The average Bonchev–Trinajstić information content (AvgIpc) is 3.41. The highest BCUT2D eigenvalue weighted by atomic mass is 16.5. The van der Waals surface area contributed by atoms with Crippen LogP contribution in [0.2, 0.25) is 0 Å². The Balaban J connectivity index is 1.42. The van der Waals surface area contributed by atoms with Crippen LogP contribution in [0.15, 0.2) is 66.7 Å².